The molecule has 31 heavy (non-hydrogen) atoms. The van der Waals surface area contributed by atoms with Gasteiger partial charge in [0.2, 0.25) is 11.8 Å². The van der Waals surface area contributed by atoms with E-state index < -0.39 is 12.1 Å². The minimum absolute atomic E-state index is 0.266. The molecule has 0 radical (unpaired) electrons. The topological polar surface area (TPSA) is 80.3 Å². The minimum Gasteiger partial charge on any atom is -0.487 e. The monoisotopic (exact) mass is 419 g/mol. The first kappa shape index (κ1) is 20.5. The van der Waals surface area contributed by atoms with E-state index in [0.717, 1.165) is 11.1 Å². The summed E-state index contributed by atoms with van der Waals surface area (Å²) in [4.78, 5) is 29.3. The number of halogens is 1. The Morgan fingerprint density at radius 1 is 0.806 bits per heavy atom. The van der Waals surface area contributed by atoms with E-state index in [1.807, 2.05) is 30.3 Å². The number of carbonyl (C=O) groups excluding carboxylic acids is 2. The van der Waals surface area contributed by atoms with Gasteiger partial charge in [-0.1, -0.05) is 42.5 Å². The molecule has 1 fully saturated rings. The standard InChI is InChI=1S/C24H22FN3O3/c25-18-8-6-16(7-9-18)12-21-23(29)28-22(24(30)27-21)13-19-10-11-20(14-26-19)31-15-17-4-2-1-3-5-17/h1-11,14,21-22H,12-13,15H2,(H,27,30)(H,28,29). The molecule has 1 saturated heterocycles. The predicted octanol–water partition coefficient (Wildman–Crippen LogP) is 2.57. The molecule has 2 atom stereocenters. The zero-order chi connectivity index (χ0) is 21.6. The molecule has 2 amide bonds. The molecule has 4 rings (SSSR count). The first-order valence-corrected chi connectivity index (χ1v) is 10.0. The Kier molecular flexibility index (Phi) is 6.21. The van der Waals surface area contributed by atoms with Crippen molar-refractivity contribution < 1.29 is 18.7 Å². The fourth-order valence-electron chi connectivity index (χ4n) is 3.39. The first-order chi connectivity index (χ1) is 15.1. The van der Waals surface area contributed by atoms with Crippen LogP contribution in [0.1, 0.15) is 16.8 Å². The van der Waals surface area contributed by atoms with Crippen molar-refractivity contribution in [1.82, 2.24) is 15.6 Å². The third-order valence-corrected chi connectivity index (χ3v) is 5.08. The van der Waals surface area contributed by atoms with E-state index in [1.54, 1.807) is 30.5 Å². The highest BCUT2D eigenvalue weighted by Gasteiger charge is 2.33. The molecule has 2 unspecified atom stereocenters. The average Bonchev–Trinajstić information content (AvgIpc) is 2.79. The Morgan fingerprint density at radius 3 is 2.13 bits per heavy atom. The van der Waals surface area contributed by atoms with Gasteiger partial charge >= 0.3 is 0 Å². The van der Waals surface area contributed by atoms with Crippen molar-refractivity contribution >= 4 is 11.8 Å². The van der Waals surface area contributed by atoms with E-state index in [2.05, 4.69) is 15.6 Å². The van der Waals surface area contributed by atoms with E-state index in [1.165, 1.54) is 12.1 Å². The number of pyridine rings is 1. The van der Waals surface area contributed by atoms with Gasteiger partial charge in [0.25, 0.3) is 0 Å². The molecule has 158 valence electrons. The maximum absolute atomic E-state index is 13.0. The molecular weight excluding hydrogens is 397 g/mol. The predicted molar refractivity (Wildman–Crippen MR) is 113 cm³/mol. The number of hydrogen-bond acceptors (Lipinski definition) is 4. The zero-order valence-electron chi connectivity index (χ0n) is 16.8. The number of amides is 2. The van der Waals surface area contributed by atoms with Crippen molar-refractivity contribution in [3.05, 3.63) is 95.6 Å². The number of ether oxygens (including phenoxy) is 1. The van der Waals surface area contributed by atoms with E-state index in [4.69, 9.17) is 4.74 Å². The SMILES string of the molecule is O=C1NC(Cc2ccc(OCc3ccccc3)cn2)C(=O)NC1Cc1ccc(F)cc1. The number of nitrogens with zero attached hydrogens (tertiary/aromatic N) is 1. The second-order valence-corrected chi connectivity index (χ2v) is 7.42. The van der Waals surface area contributed by atoms with Crippen LogP contribution in [0.15, 0.2) is 72.9 Å². The molecule has 0 saturated carbocycles. The Morgan fingerprint density at radius 2 is 1.48 bits per heavy atom. The third kappa shape index (κ3) is 5.45. The van der Waals surface area contributed by atoms with Crippen LogP contribution in [0.4, 0.5) is 4.39 Å². The maximum atomic E-state index is 13.0. The molecule has 0 bridgehead atoms. The summed E-state index contributed by atoms with van der Waals surface area (Å²) in [6.45, 7) is 0.443. The van der Waals surface area contributed by atoms with Crippen LogP contribution >= 0.6 is 0 Å². The number of piperazine rings is 1. The van der Waals surface area contributed by atoms with Gasteiger partial charge in [-0.05, 0) is 35.4 Å². The fraction of sp³-hybridized carbons (Fsp3) is 0.208. The lowest BCUT2D eigenvalue weighted by Gasteiger charge is -2.29. The molecule has 6 nitrogen and oxygen atoms in total. The van der Waals surface area contributed by atoms with Gasteiger partial charge in [-0.2, -0.15) is 0 Å². The molecule has 2 N–H and O–H groups in total. The number of hydrogen-bond donors (Lipinski definition) is 2. The van der Waals surface area contributed by atoms with Gasteiger partial charge in [-0.25, -0.2) is 4.39 Å². The van der Waals surface area contributed by atoms with Crippen molar-refractivity contribution in [3.63, 3.8) is 0 Å². The van der Waals surface area contributed by atoms with Crippen LogP contribution in [-0.4, -0.2) is 28.9 Å². The van der Waals surface area contributed by atoms with Gasteiger partial charge < -0.3 is 15.4 Å². The molecule has 7 heteroatoms. The first-order valence-electron chi connectivity index (χ1n) is 10.0. The summed E-state index contributed by atoms with van der Waals surface area (Å²) in [6.07, 6.45) is 2.19. The second kappa shape index (κ2) is 9.38. The van der Waals surface area contributed by atoms with Gasteiger partial charge in [0.15, 0.2) is 0 Å². The van der Waals surface area contributed by atoms with Crippen molar-refractivity contribution in [2.75, 3.05) is 0 Å². The quantitative estimate of drug-likeness (QED) is 0.617. The van der Waals surface area contributed by atoms with Gasteiger partial charge in [-0.3, -0.25) is 14.6 Å². The summed E-state index contributed by atoms with van der Waals surface area (Å²) in [6, 6.07) is 17.9. The fourth-order valence-corrected chi connectivity index (χ4v) is 3.39. The largest absolute Gasteiger partial charge is 0.487 e. The highest BCUT2D eigenvalue weighted by molar-refractivity contribution is 5.97. The van der Waals surface area contributed by atoms with Gasteiger partial charge in [0.1, 0.15) is 30.3 Å². The van der Waals surface area contributed by atoms with Crippen molar-refractivity contribution in [1.29, 1.82) is 0 Å². The highest BCUT2D eigenvalue weighted by atomic mass is 19.1. The van der Waals surface area contributed by atoms with Crippen molar-refractivity contribution in [2.24, 2.45) is 0 Å². The van der Waals surface area contributed by atoms with Crippen LogP contribution in [0.2, 0.25) is 0 Å². The smallest absolute Gasteiger partial charge is 0.243 e. The summed E-state index contributed by atoms with van der Waals surface area (Å²) in [5.74, 6) is -0.247. The Balaban J connectivity index is 1.30. The van der Waals surface area contributed by atoms with E-state index in [9.17, 15) is 14.0 Å². The summed E-state index contributed by atoms with van der Waals surface area (Å²) < 4.78 is 18.8. The normalized spacial score (nSPS) is 18.2. The Labute approximate surface area is 179 Å². The van der Waals surface area contributed by atoms with E-state index in [-0.39, 0.29) is 24.1 Å². The third-order valence-electron chi connectivity index (χ3n) is 5.08. The van der Waals surface area contributed by atoms with Gasteiger partial charge in [0, 0.05) is 18.5 Å². The number of rotatable bonds is 7. The van der Waals surface area contributed by atoms with E-state index in [0.29, 0.717) is 24.5 Å². The van der Waals surface area contributed by atoms with Crippen molar-refractivity contribution in [3.8, 4) is 5.75 Å². The van der Waals surface area contributed by atoms with Crippen LogP contribution in [0.25, 0.3) is 0 Å². The Hall–Kier alpha value is -3.74. The number of aromatic nitrogens is 1. The average molecular weight is 419 g/mol. The van der Waals surface area contributed by atoms with Gasteiger partial charge in [0.05, 0.1) is 6.20 Å². The Bertz CT molecular complexity index is 1040. The lowest BCUT2D eigenvalue weighted by Crippen LogP contribution is -2.62. The van der Waals surface area contributed by atoms with Crippen LogP contribution < -0.4 is 15.4 Å². The van der Waals surface area contributed by atoms with Crippen LogP contribution in [0.3, 0.4) is 0 Å². The number of nitrogens with one attached hydrogen (secondary N) is 2. The summed E-state index contributed by atoms with van der Waals surface area (Å²) in [5, 5.41) is 5.51. The van der Waals surface area contributed by atoms with Gasteiger partial charge in [-0.15, -0.1) is 0 Å². The molecule has 0 aliphatic carbocycles. The van der Waals surface area contributed by atoms with Crippen LogP contribution in [0.5, 0.6) is 5.75 Å². The zero-order valence-corrected chi connectivity index (χ0v) is 16.8. The second-order valence-electron chi connectivity index (χ2n) is 7.42. The number of carbonyl (C=O) groups is 2. The molecule has 1 aromatic heterocycles. The summed E-state index contributed by atoms with van der Waals surface area (Å²) >= 11 is 0. The lowest BCUT2D eigenvalue weighted by atomic mass is 10.00. The molecule has 1 aliphatic heterocycles. The van der Waals surface area contributed by atoms with Crippen LogP contribution in [-0.2, 0) is 29.0 Å². The summed E-state index contributed by atoms with van der Waals surface area (Å²) in [5.41, 5.74) is 2.50. The molecule has 2 heterocycles. The molecule has 2 aromatic carbocycles. The highest BCUT2D eigenvalue weighted by Crippen LogP contribution is 2.14. The van der Waals surface area contributed by atoms with E-state index >= 15 is 0 Å². The maximum Gasteiger partial charge on any atom is 0.243 e. The van der Waals surface area contributed by atoms with Crippen LogP contribution in [0, 0.1) is 5.82 Å². The number of benzene rings is 2. The molecule has 3 aromatic rings. The van der Waals surface area contributed by atoms with Crippen molar-refractivity contribution in [2.45, 2.75) is 31.5 Å². The molecular formula is C24H22FN3O3. The summed E-state index contributed by atoms with van der Waals surface area (Å²) in [7, 11) is 0. The molecule has 1 aliphatic rings. The molecule has 0 spiro atoms. The lowest BCUT2D eigenvalue weighted by molar-refractivity contribution is -0.136. The minimum atomic E-state index is -0.694.